The quantitative estimate of drug-likeness (QED) is 0.607. The molecule has 1 fully saturated rings. The zero-order valence-corrected chi connectivity index (χ0v) is 18.4. The molecular formula is C22H25ClF2N2O4. The molecule has 0 saturated carbocycles. The number of benzene rings is 1. The van der Waals surface area contributed by atoms with Crippen molar-refractivity contribution in [3.05, 3.63) is 52.6 Å². The zero-order chi connectivity index (χ0) is 22.6. The summed E-state index contributed by atoms with van der Waals surface area (Å²) in [6.07, 6.45) is 0.642. The van der Waals surface area contributed by atoms with Gasteiger partial charge in [0.25, 0.3) is 5.88 Å². The molecule has 1 aromatic carbocycles. The van der Waals surface area contributed by atoms with E-state index in [0.29, 0.717) is 25.9 Å². The van der Waals surface area contributed by atoms with Crippen LogP contribution < -0.4 is 9.47 Å². The van der Waals surface area contributed by atoms with Gasteiger partial charge in [-0.1, -0.05) is 17.7 Å². The summed E-state index contributed by atoms with van der Waals surface area (Å²) in [7, 11) is 0. The highest BCUT2D eigenvalue weighted by Crippen LogP contribution is 2.24. The van der Waals surface area contributed by atoms with Crippen LogP contribution in [0.1, 0.15) is 39.2 Å². The monoisotopic (exact) mass is 454 g/mol. The van der Waals surface area contributed by atoms with Gasteiger partial charge < -0.3 is 19.1 Å². The Kier molecular flexibility index (Phi) is 7.20. The molecule has 9 heteroatoms. The second kappa shape index (κ2) is 9.68. The minimum atomic E-state index is -0.679. The van der Waals surface area contributed by atoms with Crippen LogP contribution in [0, 0.1) is 11.6 Å². The third-order valence-corrected chi connectivity index (χ3v) is 4.78. The standard InChI is InChI=1S/C22H25ClF2N2O4/c1-22(2,3)31-21(28)27-10-8-16(9-11-27)30-19-7-6-17(24)20(26-19)29-13-14-4-5-15(23)12-18(14)25/h4-7,12,16H,8-11,13H2,1-3H3. The summed E-state index contributed by atoms with van der Waals surface area (Å²) in [5.41, 5.74) is -0.320. The number of halogens is 3. The largest absolute Gasteiger partial charge is 0.474 e. The maximum absolute atomic E-state index is 14.1. The highest BCUT2D eigenvalue weighted by Gasteiger charge is 2.28. The first-order chi connectivity index (χ1) is 14.6. The smallest absolute Gasteiger partial charge is 0.410 e. The number of likely N-dealkylation sites (tertiary alicyclic amines) is 1. The van der Waals surface area contributed by atoms with Gasteiger partial charge in [-0.25, -0.2) is 13.6 Å². The number of hydrogen-bond donors (Lipinski definition) is 0. The molecule has 31 heavy (non-hydrogen) atoms. The van der Waals surface area contributed by atoms with Crippen LogP contribution >= 0.6 is 11.6 Å². The molecule has 168 valence electrons. The predicted molar refractivity (Wildman–Crippen MR) is 111 cm³/mol. The normalized spacial score (nSPS) is 15.0. The molecular weight excluding hydrogens is 430 g/mol. The van der Waals surface area contributed by atoms with Gasteiger partial charge >= 0.3 is 6.09 Å². The Balaban J connectivity index is 1.55. The zero-order valence-electron chi connectivity index (χ0n) is 17.7. The topological polar surface area (TPSA) is 60.9 Å². The van der Waals surface area contributed by atoms with Gasteiger partial charge in [0.2, 0.25) is 5.88 Å². The Labute approximate surface area is 185 Å². The highest BCUT2D eigenvalue weighted by molar-refractivity contribution is 6.30. The number of amides is 1. The number of ether oxygens (including phenoxy) is 3. The molecule has 0 atom stereocenters. The van der Waals surface area contributed by atoms with Crippen LogP contribution in [0.25, 0.3) is 0 Å². The van der Waals surface area contributed by atoms with Gasteiger partial charge in [0.15, 0.2) is 5.82 Å². The van der Waals surface area contributed by atoms with Crippen LogP contribution in [-0.4, -0.2) is 40.8 Å². The van der Waals surface area contributed by atoms with E-state index < -0.39 is 17.2 Å². The van der Waals surface area contributed by atoms with Gasteiger partial charge in [-0.15, -0.1) is 0 Å². The minimum Gasteiger partial charge on any atom is -0.474 e. The molecule has 1 aromatic heterocycles. The summed E-state index contributed by atoms with van der Waals surface area (Å²) in [6, 6.07) is 6.74. The molecule has 0 aliphatic carbocycles. The Morgan fingerprint density at radius 1 is 1.16 bits per heavy atom. The molecule has 0 unspecified atom stereocenters. The van der Waals surface area contributed by atoms with E-state index in [4.69, 9.17) is 25.8 Å². The highest BCUT2D eigenvalue weighted by atomic mass is 35.5. The molecule has 1 amide bonds. The second-order valence-electron chi connectivity index (χ2n) is 8.25. The average Bonchev–Trinajstić information content (AvgIpc) is 2.68. The molecule has 1 aliphatic rings. The maximum Gasteiger partial charge on any atom is 0.410 e. The molecule has 0 N–H and O–H groups in total. The first-order valence-corrected chi connectivity index (χ1v) is 10.4. The average molecular weight is 455 g/mol. The number of piperidine rings is 1. The van der Waals surface area contributed by atoms with Gasteiger partial charge in [-0.3, -0.25) is 0 Å². The van der Waals surface area contributed by atoms with E-state index in [1.165, 1.54) is 24.3 Å². The van der Waals surface area contributed by atoms with E-state index in [9.17, 15) is 13.6 Å². The Morgan fingerprint density at radius 3 is 2.52 bits per heavy atom. The molecule has 3 rings (SSSR count). The van der Waals surface area contributed by atoms with E-state index in [1.54, 1.807) is 4.90 Å². The van der Waals surface area contributed by atoms with Gasteiger partial charge in [0.05, 0.1) is 0 Å². The predicted octanol–water partition coefficient (Wildman–Crippen LogP) is 5.37. The van der Waals surface area contributed by atoms with Crippen LogP contribution in [0.3, 0.4) is 0 Å². The maximum atomic E-state index is 14.1. The third-order valence-electron chi connectivity index (χ3n) is 4.55. The summed E-state index contributed by atoms with van der Waals surface area (Å²) in [5, 5.41) is 0.263. The number of pyridine rings is 1. The number of carbonyl (C=O) groups excluding carboxylic acids is 1. The molecule has 0 spiro atoms. The van der Waals surface area contributed by atoms with Crippen molar-refractivity contribution >= 4 is 17.7 Å². The Morgan fingerprint density at radius 2 is 1.87 bits per heavy atom. The first-order valence-electron chi connectivity index (χ1n) is 9.98. The number of hydrogen-bond acceptors (Lipinski definition) is 5. The van der Waals surface area contributed by atoms with Crippen LogP contribution in [0.4, 0.5) is 13.6 Å². The van der Waals surface area contributed by atoms with Crippen LogP contribution in [-0.2, 0) is 11.3 Å². The van der Waals surface area contributed by atoms with Crippen molar-refractivity contribution < 1.29 is 27.8 Å². The molecule has 1 saturated heterocycles. The first kappa shape index (κ1) is 23.1. The van der Waals surface area contributed by atoms with Crippen molar-refractivity contribution in [1.29, 1.82) is 0 Å². The number of aromatic nitrogens is 1. The number of nitrogens with zero attached hydrogens (tertiary/aromatic N) is 2. The summed E-state index contributed by atoms with van der Waals surface area (Å²) in [5.74, 6) is -1.31. The summed E-state index contributed by atoms with van der Waals surface area (Å²) < 4.78 is 44.5. The third kappa shape index (κ3) is 6.69. The van der Waals surface area contributed by atoms with E-state index in [0.717, 1.165) is 6.07 Å². The van der Waals surface area contributed by atoms with Gasteiger partial charge in [-0.2, -0.15) is 4.98 Å². The summed E-state index contributed by atoms with van der Waals surface area (Å²) in [6.45, 7) is 6.23. The van der Waals surface area contributed by atoms with Crippen LogP contribution in [0.5, 0.6) is 11.8 Å². The van der Waals surface area contributed by atoms with Gasteiger partial charge in [0, 0.05) is 42.6 Å². The van der Waals surface area contributed by atoms with E-state index in [-0.39, 0.29) is 41.2 Å². The molecule has 2 aromatic rings. The molecule has 1 aliphatic heterocycles. The Bertz CT molecular complexity index is 928. The van der Waals surface area contributed by atoms with Crippen molar-refractivity contribution in [3.8, 4) is 11.8 Å². The number of rotatable bonds is 5. The van der Waals surface area contributed by atoms with Crippen LogP contribution in [0.15, 0.2) is 30.3 Å². The number of carbonyl (C=O) groups is 1. The van der Waals surface area contributed by atoms with E-state index in [1.807, 2.05) is 20.8 Å². The fourth-order valence-corrected chi connectivity index (χ4v) is 3.17. The van der Waals surface area contributed by atoms with Crippen molar-refractivity contribution in [1.82, 2.24) is 9.88 Å². The molecule has 0 bridgehead atoms. The Hall–Kier alpha value is -2.61. The van der Waals surface area contributed by atoms with Crippen molar-refractivity contribution in [2.75, 3.05) is 13.1 Å². The summed E-state index contributed by atoms with van der Waals surface area (Å²) >= 11 is 5.73. The van der Waals surface area contributed by atoms with Gasteiger partial charge in [-0.05, 0) is 39.0 Å². The lowest BCUT2D eigenvalue weighted by molar-refractivity contribution is 0.0122. The van der Waals surface area contributed by atoms with Crippen LogP contribution in [0.2, 0.25) is 5.02 Å². The van der Waals surface area contributed by atoms with Crippen molar-refractivity contribution in [2.24, 2.45) is 0 Å². The molecule has 0 radical (unpaired) electrons. The molecule has 2 heterocycles. The molecule has 6 nitrogen and oxygen atoms in total. The lowest BCUT2D eigenvalue weighted by atomic mass is 10.1. The lowest BCUT2D eigenvalue weighted by Gasteiger charge is -2.33. The fourth-order valence-electron chi connectivity index (χ4n) is 3.01. The lowest BCUT2D eigenvalue weighted by Crippen LogP contribution is -2.44. The SMILES string of the molecule is CC(C)(C)OC(=O)N1CCC(Oc2ccc(F)c(OCc3ccc(Cl)cc3F)n2)CC1. The summed E-state index contributed by atoms with van der Waals surface area (Å²) in [4.78, 5) is 17.8. The second-order valence-corrected chi connectivity index (χ2v) is 8.68. The van der Waals surface area contributed by atoms with Gasteiger partial charge in [0.1, 0.15) is 24.1 Å². The minimum absolute atomic E-state index is 0.182. The van der Waals surface area contributed by atoms with Crippen molar-refractivity contribution in [3.63, 3.8) is 0 Å². The van der Waals surface area contributed by atoms with E-state index in [2.05, 4.69) is 4.98 Å². The van der Waals surface area contributed by atoms with Crippen molar-refractivity contribution in [2.45, 2.75) is 51.9 Å². The van der Waals surface area contributed by atoms with E-state index >= 15 is 0 Å². The fraction of sp³-hybridized carbons (Fsp3) is 0.455.